The number of hydrogen-bond acceptors (Lipinski definition) is 5. The van der Waals surface area contributed by atoms with Crippen LogP contribution in [0.1, 0.15) is 55.7 Å². The van der Waals surface area contributed by atoms with E-state index in [-0.39, 0.29) is 28.4 Å². The van der Waals surface area contributed by atoms with Gasteiger partial charge in [-0.3, -0.25) is 4.79 Å². The molecule has 1 aromatic carbocycles. The second-order valence-corrected chi connectivity index (χ2v) is 5.04. The highest BCUT2D eigenvalue weighted by atomic mass is 16.4. The van der Waals surface area contributed by atoms with Gasteiger partial charge in [0.25, 0.3) is 0 Å². The summed E-state index contributed by atoms with van der Waals surface area (Å²) in [5.74, 6) is -2.35. The van der Waals surface area contributed by atoms with Crippen molar-refractivity contribution >= 4 is 18.2 Å². The molecular formula is C14H11N3O5. The molecular weight excluding hydrogens is 290 g/mol. The Labute approximate surface area is 124 Å². The van der Waals surface area contributed by atoms with Gasteiger partial charge in [-0.15, -0.1) is 5.10 Å². The van der Waals surface area contributed by atoms with Crippen LogP contribution in [0.2, 0.25) is 0 Å². The van der Waals surface area contributed by atoms with E-state index in [1.807, 2.05) is 0 Å². The van der Waals surface area contributed by atoms with Crippen molar-refractivity contribution in [1.29, 1.82) is 0 Å². The summed E-state index contributed by atoms with van der Waals surface area (Å²) in [5, 5.41) is 25.9. The summed E-state index contributed by atoms with van der Waals surface area (Å²) < 4.78 is 1.35. The Hall–Kier alpha value is -3.03. The topological polar surface area (TPSA) is 122 Å². The van der Waals surface area contributed by atoms with Crippen LogP contribution >= 0.6 is 0 Å². The number of rotatable bonds is 5. The number of aldehydes is 1. The van der Waals surface area contributed by atoms with Gasteiger partial charge in [-0.1, -0.05) is 5.21 Å². The number of nitrogens with zero attached hydrogens (tertiary/aromatic N) is 3. The summed E-state index contributed by atoms with van der Waals surface area (Å²) in [7, 11) is 0. The smallest absolute Gasteiger partial charge is 0.335 e. The Bertz CT molecular complexity index is 760. The first kappa shape index (κ1) is 13.9. The van der Waals surface area contributed by atoms with Crippen molar-refractivity contribution in [2.24, 2.45) is 0 Å². The van der Waals surface area contributed by atoms with E-state index in [0.29, 0.717) is 12.0 Å². The predicted molar refractivity (Wildman–Crippen MR) is 72.6 cm³/mol. The Kier molecular flexibility index (Phi) is 3.21. The van der Waals surface area contributed by atoms with Crippen molar-refractivity contribution in [3.05, 3.63) is 40.7 Å². The third kappa shape index (κ3) is 2.34. The summed E-state index contributed by atoms with van der Waals surface area (Å²) in [6.45, 7) is 0. The minimum Gasteiger partial charge on any atom is -0.478 e. The van der Waals surface area contributed by atoms with Gasteiger partial charge in [0, 0.05) is 5.92 Å². The van der Waals surface area contributed by atoms with Gasteiger partial charge in [0.2, 0.25) is 0 Å². The third-order valence-corrected chi connectivity index (χ3v) is 3.46. The van der Waals surface area contributed by atoms with Crippen LogP contribution in [0.5, 0.6) is 0 Å². The highest BCUT2D eigenvalue weighted by molar-refractivity contribution is 5.94. The summed E-state index contributed by atoms with van der Waals surface area (Å²) >= 11 is 0. The molecule has 0 unspecified atom stereocenters. The fourth-order valence-corrected chi connectivity index (χ4v) is 2.29. The highest BCUT2D eigenvalue weighted by Gasteiger charge is 2.32. The number of aromatic carboxylic acids is 2. The average Bonchev–Trinajstić information content (AvgIpc) is 3.25. The number of benzene rings is 1. The molecule has 1 aromatic heterocycles. The van der Waals surface area contributed by atoms with E-state index in [0.717, 1.165) is 18.9 Å². The van der Waals surface area contributed by atoms with Gasteiger partial charge in [-0.25, -0.2) is 14.3 Å². The van der Waals surface area contributed by atoms with E-state index in [4.69, 9.17) is 10.2 Å². The molecule has 0 bridgehead atoms. The molecule has 1 aliphatic rings. The molecule has 0 amide bonds. The number of carboxylic acids is 2. The van der Waals surface area contributed by atoms with E-state index in [1.165, 1.54) is 16.8 Å². The van der Waals surface area contributed by atoms with Crippen molar-refractivity contribution < 1.29 is 24.6 Å². The number of hydrogen-bond donors (Lipinski definition) is 2. The molecule has 1 saturated carbocycles. The first-order valence-corrected chi connectivity index (χ1v) is 6.54. The zero-order valence-electron chi connectivity index (χ0n) is 11.3. The standard InChI is InChI=1S/C14H11N3O5/c18-6-11-12(7-1-2-7)17(16-15-11)10-4-8(13(19)20)3-9(5-10)14(21)22/h3-7H,1-2H2,(H,19,20)(H,21,22). The van der Waals surface area contributed by atoms with E-state index < -0.39 is 11.9 Å². The van der Waals surface area contributed by atoms with Crippen molar-refractivity contribution in [2.45, 2.75) is 18.8 Å². The van der Waals surface area contributed by atoms with Crippen molar-refractivity contribution in [3.63, 3.8) is 0 Å². The van der Waals surface area contributed by atoms with Gasteiger partial charge in [0.05, 0.1) is 22.5 Å². The number of carboxylic acid groups (broad SMARTS) is 2. The number of aromatic nitrogens is 3. The minimum atomic E-state index is -1.24. The lowest BCUT2D eigenvalue weighted by Gasteiger charge is -2.08. The second kappa shape index (κ2) is 5.06. The molecule has 1 aliphatic carbocycles. The lowest BCUT2D eigenvalue weighted by Crippen LogP contribution is -2.08. The maximum absolute atomic E-state index is 11.2. The van der Waals surface area contributed by atoms with Crippen LogP contribution in [0.15, 0.2) is 18.2 Å². The molecule has 0 spiro atoms. The van der Waals surface area contributed by atoms with Gasteiger partial charge >= 0.3 is 11.9 Å². The van der Waals surface area contributed by atoms with Crippen LogP contribution in [0.25, 0.3) is 5.69 Å². The fraction of sp³-hybridized carbons (Fsp3) is 0.214. The molecule has 0 atom stereocenters. The summed E-state index contributed by atoms with van der Waals surface area (Å²) in [6.07, 6.45) is 2.37. The number of carbonyl (C=O) groups excluding carboxylic acids is 1. The molecule has 0 saturated heterocycles. The maximum Gasteiger partial charge on any atom is 0.335 e. The fourth-order valence-electron chi connectivity index (χ4n) is 2.29. The lowest BCUT2D eigenvalue weighted by molar-refractivity contribution is 0.0696. The van der Waals surface area contributed by atoms with Crippen molar-refractivity contribution in [2.75, 3.05) is 0 Å². The molecule has 112 valence electrons. The predicted octanol–water partition coefficient (Wildman–Crippen LogP) is 1.35. The van der Waals surface area contributed by atoms with Crippen LogP contribution in [0.4, 0.5) is 0 Å². The van der Waals surface area contributed by atoms with Crippen LogP contribution in [-0.4, -0.2) is 43.4 Å². The zero-order chi connectivity index (χ0) is 15.9. The van der Waals surface area contributed by atoms with Crippen LogP contribution < -0.4 is 0 Å². The summed E-state index contributed by atoms with van der Waals surface area (Å²) in [6, 6.07) is 3.69. The SMILES string of the molecule is O=Cc1nnn(-c2cc(C(=O)O)cc(C(=O)O)c2)c1C1CC1. The quantitative estimate of drug-likeness (QED) is 0.799. The lowest BCUT2D eigenvalue weighted by atomic mass is 10.1. The first-order valence-electron chi connectivity index (χ1n) is 6.54. The molecule has 8 nitrogen and oxygen atoms in total. The van der Waals surface area contributed by atoms with Crippen LogP contribution in [-0.2, 0) is 0 Å². The van der Waals surface area contributed by atoms with Gasteiger partial charge in [0.1, 0.15) is 5.69 Å². The number of carbonyl (C=O) groups is 3. The molecule has 0 radical (unpaired) electrons. The average molecular weight is 301 g/mol. The molecule has 1 heterocycles. The highest BCUT2D eigenvalue weighted by Crippen LogP contribution is 2.41. The van der Waals surface area contributed by atoms with Crippen molar-refractivity contribution in [1.82, 2.24) is 15.0 Å². The van der Waals surface area contributed by atoms with Gasteiger partial charge in [-0.2, -0.15) is 0 Å². The Morgan fingerprint density at radius 2 is 1.73 bits per heavy atom. The monoisotopic (exact) mass is 301 g/mol. The van der Waals surface area contributed by atoms with E-state index in [9.17, 15) is 14.4 Å². The normalized spacial score (nSPS) is 13.8. The van der Waals surface area contributed by atoms with E-state index in [2.05, 4.69) is 10.3 Å². The second-order valence-electron chi connectivity index (χ2n) is 5.04. The van der Waals surface area contributed by atoms with Crippen molar-refractivity contribution in [3.8, 4) is 5.69 Å². The summed E-state index contributed by atoms with van der Waals surface area (Å²) in [4.78, 5) is 33.4. The molecule has 2 N–H and O–H groups in total. The van der Waals surface area contributed by atoms with Crippen LogP contribution in [0.3, 0.4) is 0 Å². The molecule has 8 heteroatoms. The Morgan fingerprint density at radius 3 is 2.18 bits per heavy atom. The van der Waals surface area contributed by atoms with E-state index in [1.54, 1.807) is 0 Å². The van der Waals surface area contributed by atoms with Gasteiger partial charge in [-0.05, 0) is 31.0 Å². The summed E-state index contributed by atoms with van der Waals surface area (Å²) in [5.41, 5.74) is 0.716. The minimum absolute atomic E-state index is 0.136. The van der Waals surface area contributed by atoms with Crippen LogP contribution in [0, 0.1) is 0 Å². The molecule has 2 aromatic rings. The van der Waals surface area contributed by atoms with Gasteiger partial charge < -0.3 is 10.2 Å². The van der Waals surface area contributed by atoms with E-state index >= 15 is 0 Å². The molecule has 0 aliphatic heterocycles. The first-order chi connectivity index (χ1) is 10.5. The maximum atomic E-state index is 11.2. The molecule has 22 heavy (non-hydrogen) atoms. The third-order valence-electron chi connectivity index (χ3n) is 3.46. The molecule has 3 rings (SSSR count). The van der Waals surface area contributed by atoms with Gasteiger partial charge in [0.15, 0.2) is 6.29 Å². The Morgan fingerprint density at radius 1 is 1.14 bits per heavy atom. The Balaban J connectivity index is 2.19. The molecule has 1 fully saturated rings. The largest absolute Gasteiger partial charge is 0.478 e. The zero-order valence-corrected chi connectivity index (χ0v) is 11.3.